The predicted molar refractivity (Wildman–Crippen MR) is 90.3 cm³/mol. The number of anilines is 1. The van der Waals surface area contributed by atoms with E-state index in [-0.39, 0.29) is 36.2 Å². The normalized spacial score (nSPS) is 20.1. The van der Waals surface area contributed by atoms with Crippen LogP contribution in [0.2, 0.25) is 0 Å². The van der Waals surface area contributed by atoms with E-state index in [1.807, 2.05) is 6.07 Å². The summed E-state index contributed by atoms with van der Waals surface area (Å²) in [6.45, 7) is 0. The number of carbonyl (C=O) groups is 2. The van der Waals surface area contributed by atoms with Gasteiger partial charge in [-0.25, -0.2) is 0 Å². The zero-order valence-corrected chi connectivity index (χ0v) is 13.9. The molecule has 0 heterocycles. The number of hydrogen-bond donors (Lipinski definition) is 2. The van der Waals surface area contributed by atoms with Gasteiger partial charge in [0.25, 0.3) is 5.91 Å². The van der Waals surface area contributed by atoms with Crippen molar-refractivity contribution < 1.29 is 9.59 Å². The van der Waals surface area contributed by atoms with Gasteiger partial charge < -0.3 is 16.0 Å². The standard InChI is InChI=1S/C16H23N3O2.ClH/c1-19(2)16(21)12-7-3-4-9-14(12)18-15(20)10-11-6-5-8-13(11)17;/h3-4,7,9,11,13H,5-6,8,10,17H2,1-2H3,(H,18,20);1H/t11-,13+;/m0./s1. The Morgan fingerprint density at radius 1 is 1.27 bits per heavy atom. The van der Waals surface area contributed by atoms with Gasteiger partial charge in [-0.2, -0.15) is 0 Å². The fraction of sp³-hybridized carbons (Fsp3) is 0.500. The van der Waals surface area contributed by atoms with Crippen molar-refractivity contribution in [1.82, 2.24) is 4.90 Å². The monoisotopic (exact) mass is 325 g/mol. The van der Waals surface area contributed by atoms with Gasteiger partial charge in [0.2, 0.25) is 5.91 Å². The fourth-order valence-electron chi connectivity index (χ4n) is 2.78. The van der Waals surface area contributed by atoms with E-state index in [4.69, 9.17) is 5.73 Å². The van der Waals surface area contributed by atoms with E-state index in [0.717, 1.165) is 19.3 Å². The van der Waals surface area contributed by atoms with Crippen LogP contribution in [-0.4, -0.2) is 36.9 Å². The first-order valence-electron chi connectivity index (χ1n) is 7.35. The maximum absolute atomic E-state index is 12.2. The third-order valence-electron chi connectivity index (χ3n) is 4.00. The molecule has 1 aromatic carbocycles. The third kappa shape index (κ3) is 4.45. The lowest BCUT2D eigenvalue weighted by Crippen LogP contribution is -2.29. The molecule has 2 rings (SSSR count). The van der Waals surface area contributed by atoms with Crippen molar-refractivity contribution in [3.8, 4) is 0 Å². The molecular weight excluding hydrogens is 302 g/mol. The molecule has 2 atom stereocenters. The molecule has 1 aliphatic rings. The van der Waals surface area contributed by atoms with E-state index in [0.29, 0.717) is 17.7 Å². The van der Waals surface area contributed by atoms with E-state index < -0.39 is 0 Å². The van der Waals surface area contributed by atoms with Crippen LogP contribution in [0.5, 0.6) is 0 Å². The molecule has 22 heavy (non-hydrogen) atoms. The number of carbonyl (C=O) groups excluding carboxylic acids is 2. The average molecular weight is 326 g/mol. The largest absolute Gasteiger partial charge is 0.345 e. The van der Waals surface area contributed by atoms with Gasteiger partial charge in [0.05, 0.1) is 11.3 Å². The van der Waals surface area contributed by atoms with Crippen molar-refractivity contribution in [2.75, 3.05) is 19.4 Å². The Morgan fingerprint density at radius 3 is 2.55 bits per heavy atom. The Bertz CT molecular complexity index is 534. The van der Waals surface area contributed by atoms with Crippen molar-refractivity contribution in [3.05, 3.63) is 29.8 Å². The number of hydrogen-bond acceptors (Lipinski definition) is 3. The van der Waals surface area contributed by atoms with Gasteiger partial charge in [0.15, 0.2) is 0 Å². The first-order chi connectivity index (χ1) is 9.99. The Hall–Kier alpha value is -1.59. The van der Waals surface area contributed by atoms with Crippen LogP contribution < -0.4 is 11.1 Å². The summed E-state index contributed by atoms with van der Waals surface area (Å²) in [6.07, 6.45) is 3.51. The van der Waals surface area contributed by atoms with Crippen LogP contribution >= 0.6 is 12.4 Å². The zero-order chi connectivity index (χ0) is 15.4. The van der Waals surface area contributed by atoms with Gasteiger partial charge in [-0.05, 0) is 30.9 Å². The van der Waals surface area contributed by atoms with Crippen molar-refractivity contribution in [1.29, 1.82) is 0 Å². The second kappa shape index (κ2) is 8.15. The van der Waals surface area contributed by atoms with E-state index in [2.05, 4.69) is 5.32 Å². The molecule has 0 radical (unpaired) electrons. The highest BCUT2D eigenvalue weighted by atomic mass is 35.5. The molecule has 0 unspecified atom stereocenters. The molecule has 0 aliphatic heterocycles. The van der Waals surface area contributed by atoms with E-state index in [1.54, 1.807) is 32.3 Å². The molecule has 0 aromatic heterocycles. The summed E-state index contributed by atoms with van der Waals surface area (Å²) < 4.78 is 0. The lowest BCUT2D eigenvalue weighted by atomic mass is 9.99. The van der Waals surface area contributed by atoms with Gasteiger partial charge in [-0.3, -0.25) is 9.59 Å². The molecule has 1 aliphatic carbocycles. The molecule has 0 bridgehead atoms. The summed E-state index contributed by atoms with van der Waals surface area (Å²) in [4.78, 5) is 25.8. The second-order valence-corrected chi connectivity index (χ2v) is 5.85. The topological polar surface area (TPSA) is 75.4 Å². The molecule has 5 nitrogen and oxygen atoms in total. The van der Waals surface area contributed by atoms with E-state index >= 15 is 0 Å². The van der Waals surface area contributed by atoms with Gasteiger partial charge >= 0.3 is 0 Å². The molecular formula is C16H24ClN3O2. The molecule has 6 heteroatoms. The van der Waals surface area contributed by atoms with Gasteiger partial charge in [-0.1, -0.05) is 18.6 Å². The van der Waals surface area contributed by atoms with Crippen molar-refractivity contribution in [3.63, 3.8) is 0 Å². The molecule has 0 spiro atoms. The number of benzene rings is 1. The molecule has 0 saturated heterocycles. The summed E-state index contributed by atoms with van der Waals surface area (Å²) in [7, 11) is 3.39. The Balaban J connectivity index is 0.00000242. The van der Waals surface area contributed by atoms with E-state index in [1.165, 1.54) is 4.90 Å². The van der Waals surface area contributed by atoms with Gasteiger partial charge in [0, 0.05) is 26.6 Å². The highest BCUT2D eigenvalue weighted by Gasteiger charge is 2.26. The van der Waals surface area contributed by atoms with Crippen LogP contribution in [0.15, 0.2) is 24.3 Å². The van der Waals surface area contributed by atoms with Crippen LogP contribution in [0.4, 0.5) is 5.69 Å². The number of nitrogens with one attached hydrogen (secondary N) is 1. The maximum atomic E-state index is 12.2. The number of amides is 2. The van der Waals surface area contributed by atoms with Crippen LogP contribution in [-0.2, 0) is 4.79 Å². The minimum absolute atomic E-state index is 0. The first kappa shape index (κ1) is 18.5. The van der Waals surface area contributed by atoms with Crippen molar-refractivity contribution in [2.24, 2.45) is 11.7 Å². The Labute approximate surface area is 137 Å². The molecule has 1 aromatic rings. The molecule has 2 amide bonds. The zero-order valence-electron chi connectivity index (χ0n) is 13.0. The summed E-state index contributed by atoms with van der Waals surface area (Å²) in [6, 6.07) is 7.19. The van der Waals surface area contributed by atoms with E-state index in [9.17, 15) is 9.59 Å². The number of rotatable bonds is 4. The second-order valence-electron chi connectivity index (χ2n) is 5.85. The predicted octanol–water partition coefficient (Wildman–Crippen LogP) is 2.27. The Morgan fingerprint density at radius 2 is 1.95 bits per heavy atom. The molecule has 1 fully saturated rings. The number of nitrogens with two attached hydrogens (primary N) is 1. The fourth-order valence-corrected chi connectivity index (χ4v) is 2.78. The first-order valence-corrected chi connectivity index (χ1v) is 7.35. The Kier molecular flexibility index (Phi) is 6.84. The summed E-state index contributed by atoms with van der Waals surface area (Å²) in [5, 5.41) is 2.85. The lowest BCUT2D eigenvalue weighted by Gasteiger charge is -2.17. The van der Waals surface area contributed by atoms with Crippen molar-refractivity contribution in [2.45, 2.75) is 31.7 Å². The van der Waals surface area contributed by atoms with Gasteiger partial charge in [-0.15, -0.1) is 12.4 Å². The molecule has 3 N–H and O–H groups in total. The number of para-hydroxylation sites is 1. The lowest BCUT2D eigenvalue weighted by molar-refractivity contribution is -0.117. The van der Waals surface area contributed by atoms with Crippen LogP contribution in [0.1, 0.15) is 36.0 Å². The minimum Gasteiger partial charge on any atom is -0.345 e. The number of halogens is 1. The number of nitrogens with zero attached hydrogens (tertiary/aromatic N) is 1. The van der Waals surface area contributed by atoms with Crippen LogP contribution in [0.3, 0.4) is 0 Å². The quantitative estimate of drug-likeness (QED) is 0.891. The summed E-state index contributed by atoms with van der Waals surface area (Å²) in [5.74, 6) is 0.0570. The highest BCUT2D eigenvalue weighted by Crippen LogP contribution is 2.27. The maximum Gasteiger partial charge on any atom is 0.255 e. The molecule has 1 saturated carbocycles. The van der Waals surface area contributed by atoms with Gasteiger partial charge in [0.1, 0.15) is 0 Å². The minimum atomic E-state index is -0.122. The average Bonchev–Trinajstić information content (AvgIpc) is 2.84. The molecule has 122 valence electrons. The van der Waals surface area contributed by atoms with Crippen molar-refractivity contribution >= 4 is 29.9 Å². The van der Waals surface area contributed by atoms with Crippen LogP contribution in [0.25, 0.3) is 0 Å². The summed E-state index contributed by atoms with van der Waals surface area (Å²) in [5.41, 5.74) is 7.07. The smallest absolute Gasteiger partial charge is 0.255 e. The third-order valence-corrected chi connectivity index (χ3v) is 4.00. The SMILES string of the molecule is CN(C)C(=O)c1ccccc1NC(=O)C[C@@H]1CCC[C@H]1N.Cl. The van der Waals surface area contributed by atoms with Crippen LogP contribution in [0, 0.1) is 5.92 Å². The highest BCUT2D eigenvalue weighted by molar-refractivity contribution is 6.03. The summed E-state index contributed by atoms with van der Waals surface area (Å²) >= 11 is 0.